The summed E-state index contributed by atoms with van der Waals surface area (Å²) in [6, 6.07) is 2.76. The van der Waals surface area contributed by atoms with E-state index < -0.39 is 60.0 Å². The molecule has 0 saturated heterocycles. The molecule has 1 heterocycles. The number of halogens is 4. The third kappa shape index (κ3) is 7.14. The van der Waals surface area contributed by atoms with Crippen molar-refractivity contribution in [3.63, 3.8) is 0 Å². The second-order valence-corrected chi connectivity index (χ2v) is 8.56. The molecule has 0 spiro atoms. The zero-order valence-electron chi connectivity index (χ0n) is 18.4. The molecule has 188 valence electrons. The number of hydrogen-bond donors (Lipinski definition) is 0. The second-order valence-electron chi connectivity index (χ2n) is 8.15. The van der Waals surface area contributed by atoms with E-state index in [1.807, 2.05) is 20.8 Å². The Bertz CT molecular complexity index is 989. The summed E-state index contributed by atoms with van der Waals surface area (Å²) in [5.74, 6) is -1.57. The Labute approximate surface area is 196 Å². The van der Waals surface area contributed by atoms with Gasteiger partial charge in [0, 0.05) is 10.6 Å². The molecule has 0 fully saturated rings. The normalized spacial score (nSPS) is 16.4. The van der Waals surface area contributed by atoms with E-state index >= 15 is 0 Å². The van der Waals surface area contributed by atoms with Crippen molar-refractivity contribution in [2.45, 2.75) is 51.5 Å². The minimum Gasteiger partial charge on any atom is -0.475 e. The molecule has 0 N–H and O–H groups in total. The number of benzene rings is 1. The van der Waals surface area contributed by atoms with Crippen LogP contribution in [-0.4, -0.2) is 49.0 Å². The van der Waals surface area contributed by atoms with E-state index in [0.29, 0.717) is 5.56 Å². The highest BCUT2D eigenvalue weighted by Crippen LogP contribution is 2.42. The van der Waals surface area contributed by atoms with E-state index in [9.17, 15) is 32.9 Å². The highest BCUT2D eigenvalue weighted by Gasteiger charge is 2.49. The average Bonchev–Trinajstić information content (AvgIpc) is 2.69. The molecule has 0 aliphatic carbocycles. The molecule has 2 unspecified atom stereocenters. The minimum atomic E-state index is -4.96. The summed E-state index contributed by atoms with van der Waals surface area (Å²) in [6.07, 6.45) is -9.13. The molecule has 10 nitrogen and oxygen atoms in total. The Balaban J connectivity index is 2.13. The molecule has 1 aromatic rings. The molecule has 2 rings (SSSR count). The van der Waals surface area contributed by atoms with E-state index in [1.54, 1.807) is 0 Å². The molecule has 0 saturated carbocycles. The van der Waals surface area contributed by atoms with Crippen LogP contribution in [0.3, 0.4) is 0 Å². The van der Waals surface area contributed by atoms with Gasteiger partial charge in [-0.2, -0.15) is 13.2 Å². The minimum absolute atomic E-state index is 0.112. The Hall–Kier alpha value is -3.22. The monoisotopic (exact) mass is 511 g/mol. The Morgan fingerprint density at radius 3 is 2.44 bits per heavy atom. The first-order valence-electron chi connectivity index (χ1n) is 9.66. The van der Waals surface area contributed by atoms with Crippen LogP contribution in [0.15, 0.2) is 17.7 Å². The van der Waals surface area contributed by atoms with E-state index in [0.717, 1.165) is 6.08 Å². The van der Waals surface area contributed by atoms with Crippen molar-refractivity contribution >= 4 is 29.8 Å². The van der Waals surface area contributed by atoms with Crippen molar-refractivity contribution in [3.8, 4) is 5.75 Å². The second kappa shape index (κ2) is 10.4. The molecule has 34 heavy (non-hydrogen) atoms. The third-order valence-corrected chi connectivity index (χ3v) is 4.67. The van der Waals surface area contributed by atoms with E-state index in [1.165, 1.54) is 19.1 Å². The Morgan fingerprint density at radius 2 is 1.88 bits per heavy atom. The molecule has 14 heteroatoms. The highest BCUT2D eigenvalue weighted by molar-refractivity contribution is 6.31. The first kappa shape index (κ1) is 27.0. The van der Waals surface area contributed by atoms with Gasteiger partial charge in [-0.3, -0.25) is 0 Å². The van der Waals surface area contributed by atoms with Gasteiger partial charge in [-0.15, -0.1) is 10.1 Å². The van der Waals surface area contributed by atoms with Gasteiger partial charge in [-0.05, 0) is 36.1 Å². The Morgan fingerprint density at radius 1 is 1.24 bits per heavy atom. The molecule has 1 aliphatic rings. The summed E-state index contributed by atoms with van der Waals surface area (Å²) in [4.78, 5) is 37.9. The van der Waals surface area contributed by atoms with Crippen LogP contribution in [-0.2, 0) is 29.3 Å². The van der Waals surface area contributed by atoms with Crippen molar-refractivity contribution in [2.75, 3.05) is 13.4 Å². The van der Waals surface area contributed by atoms with Gasteiger partial charge in [0.1, 0.15) is 18.5 Å². The van der Waals surface area contributed by atoms with Gasteiger partial charge in [0.05, 0.1) is 5.57 Å². The van der Waals surface area contributed by atoms with Gasteiger partial charge in [-0.25, -0.2) is 9.59 Å². The van der Waals surface area contributed by atoms with E-state index in [2.05, 4.69) is 19.0 Å². The van der Waals surface area contributed by atoms with Crippen LogP contribution in [0, 0.1) is 10.1 Å². The lowest BCUT2D eigenvalue weighted by Crippen LogP contribution is -2.41. The molecule has 1 aliphatic heterocycles. The van der Waals surface area contributed by atoms with Crippen LogP contribution in [0.4, 0.5) is 18.0 Å². The van der Waals surface area contributed by atoms with Crippen LogP contribution in [0.5, 0.6) is 5.75 Å². The molecule has 0 bridgehead atoms. The zero-order valence-corrected chi connectivity index (χ0v) is 19.2. The van der Waals surface area contributed by atoms with Gasteiger partial charge in [-0.1, -0.05) is 32.4 Å². The number of carbonyl (C=O) groups is 2. The first-order valence-corrected chi connectivity index (χ1v) is 10.0. The predicted molar refractivity (Wildman–Crippen MR) is 110 cm³/mol. The van der Waals surface area contributed by atoms with Gasteiger partial charge in [0.15, 0.2) is 0 Å². The van der Waals surface area contributed by atoms with Crippen molar-refractivity contribution < 1.29 is 51.6 Å². The summed E-state index contributed by atoms with van der Waals surface area (Å²) in [5, 5.41) is 9.26. The number of alkyl halides is 3. The number of rotatable bonds is 7. The Kier molecular flexibility index (Phi) is 8.24. The van der Waals surface area contributed by atoms with Crippen LogP contribution < -0.4 is 4.74 Å². The summed E-state index contributed by atoms with van der Waals surface area (Å²) in [5.41, 5.74) is -0.682. The van der Waals surface area contributed by atoms with Gasteiger partial charge in [0.2, 0.25) is 12.9 Å². The van der Waals surface area contributed by atoms with Crippen molar-refractivity contribution in [1.82, 2.24) is 0 Å². The summed E-state index contributed by atoms with van der Waals surface area (Å²) >= 11 is 6.26. The molecular formula is C20H21ClF3NO9. The number of carbonyl (C=O) groups excluding carboxylic acids is 2. The fourth-order valence-corrected chi connectivity index (χ4v) is 3.27. The fourth-order valence-electron chi connectivity index (χ4n) is 2.81. The average molecular weight is 512 g/mol. The smallest absolute Gasteiger partial charge is 0.475 e. The molecule has 0 aromatic heterocycles. The maximum atomic E-state index is 13.6. The van der Waals surface area contributed by atoms with Crippen LogP contribution >= 0.6 is 11.6 Å². The van der Waals surface area contributed by atoms with Crippen molar-refractivity contribution in [2.24, 2.45) is 0 Å². The maximum absolute atomic E-state index is 13.6. The highest BCUT2D eigenvalue weighted by atomic mass is 35.5. The number of fused-ring (bicyclic) bond motifs is 1. The van der Waals surface area contributed by atoms with E-state index in [4.69, 9.17) is 16.3 Å². The van der Waals surface area contributed by atoms with Crippen LogP contribution in [0.25, 0.3) is 6.08 Å². The first-order chi connectivity index (χ1) is 15.6. The van der Waals surface area contributed by atoms with Crippen molar-refractivity contribution in [3.05, 3.63) is 44.0 Å². The lowest BCUT2D eigenvalue weighted by molar-refractivity contribution is -0.759. The lowest BCUT2D eigenvalue weighted by atomic mass is 9.85. The quantitative estimate of drug-likeness (QED) is 0.223. The van der Waals surface area contributed by atoms with Crippen LogP contribution in [0.1, 0.15) is 38.8 Å². The third-order valence-electron chi connectivity index (χ3n) is 4.36. The number of ether oxygens (including phenoxy) is 4. The van der Waals surface area contributed by atoms with Gasteiger partial charge in [0.25, 0.3) is 5.09 Å². The standard InChI is InChI=1S/C20H21ClF3NO9/c1-10(8-32-25(28)29)33-18(27)31-9-30-17(26)12-5-11-6-14(21)13(19(2,3)4)7-15(11)34-16(12)20(22,23)24/h5-7,10,16H,8-9H2,1-4H3. The van der Waals surface area contributed by atoms with Crippen molar-refractivity contribution in [1.29, 1.82) is 0 Å². The van der Waals surface area contributed by atoms with Gasteiger partial charge < -0.3 is 23.8 Å². The number of nitrogens with zero attached hydrogens (tertiary/aromatic N) is 1. The SMILES string of the molecule is CC(CO[N+](=O)[O-])OC(=O)OCOC(=O)C1=Cc2cc(Cl)c(C(C)(C)C)cc2OC1C(F)(F)F. The largest absolute Gasteiger partial charge is 0.511 e. The predicted octanol–water partition coefficient (Wildman–Crippen LogP) is 4.59. The summed E-state index contributed by atoms with van der Waals surface area (Å²) < 4.78 is 59.6. The number of hydrogen-bond acceptors (Lipinski definition) is 9. The molecule has 0 radical (unpaired) electrons. The fraction of sp³-hybridized carbons (Fsp3) is 0.500. The molecular weight excluding hydrogens is 491 g/mol. The van der Waals surface area contributed by atoms with Crippen LogP contribution in [0.2, 0.25) is 5.02 Å². The maximum Gasteiger partial charge on any atom is 0.511 e. The zero-order chi connectivity index (χ0) is 25.8. The molecule has 1 aromatic carbocycles. The topological polar surface area (TPSA) is 123 Å². The van der Waals surface area contributed by atoms with E-state index in [-0.39, 0.29) is 16.3 Å². The number of esters is 1. The summed E-state index contributed by atoms with van der Waals surface area (Å²) in [6.45, 7) is 5.05. The molecule has 0 amide bonds. The van der Waals surface area contributed by atoms with Gasteiger partial charge >= 0.3 is 18.3 Å². The summed E-state index contributed by atoms with van der Waals surface area (Å²) in [7, 11) is 0. The molecule has 2 atom stereocenters. The lowest BCUT2D eigenvalue weighted by Gasteiger charge is -2.30.